The van der Waals surface area contributed by atoms with Gasteiger partial charge in [0.2, 0.25) is 0 Å². The van der Waals surface area contributed by atoms with E-state index < -0.39 is 23.1 Å². The summed E-state index contributed by atoms with van der Waals surface area (Å²) in [6.45, 7) is 0.0898. The number of rotatable bonds is 3. The Morgan fingerprint density at radius 2 is 1.81 bits per heavy atom. The third-order valence-corrected chi connectivity index (χ3v) is 3.98. The minimum absolute atomic E-state index is 0.0898. The van der Waals surface area contributed by atoms with E-state index in [0.717, 1.165) is 18.3 Å². The predicted octanol–water partition coefficient (Wildman–Crippen LogP) is 3.25. The summed E-state index contributed by atoms with van der Waals surface area (Å²) in [6, 6.07) is 6.43. The molecule has 0 bridgehead atoms. The molecule has 0 aliphatic rings. The van der Waals surface area contributed by atoms with Crippen LogP contribution in [-0.2, 0) is 6.54 Å². The molecule has 3 aromatic heterocycles. The number of hydrogen-bond acceptors (Lipinski definition) is 3. The maximum Gasteiger partial charge on any atom is 0.327 e. The van der Waals surface area contributed by atoms with Gasteiger partial charge < -0.3 is 0 Å². The van der Waals surface area contributed by atoms with Crippen molar-refractivity contribution in [3.05, 3.63) is 82.4 Å². The molecule has 0 atom stereocenters. The van der Waals surface area contributed by atoms with Gasteiger partial charge >= 0.3 is 5.69 Å². The molecule has 0 saturated heterocycles. The van der Waals surface area contributed by atoms with Crippen molar-refractivity contribution in [1.82, 2.24) is 19.5 Å². The van der Waals surface area contributed by atoms with Gasteiger partial charge in [0.15, 0.2) is 17.3 Å². The first kappa shape index (κ1) is 16.1. The first-order valence-electron chi connectivity index (χ1n) is 7.65. The third kappa shape index (κ3) is 2.85. The molecule has 0 spiro atoms. The highest BCUT2D eigenvalue weighted by molar-refractivity contribution is 5.78. The fourth-order valence-electron chi connectivity index (χ4n) is 2.75. The molecule has 8 heteroatoms. The van der Waals surface area contributed by atoms with Crippen LogP contribution < -0.4 is 5.69 Å². The van der Waals surface area contributed by atoms with E-state index in [1.54, 1.807) is 6.07 Å². The lowest BCUT2D eigenvalue weighted by molar-refractivity contribution is 0.509. The molecule has 1 N–H and O–H groups in total. The molecule has 0 fully saturated rings. The fraction of sp³-hybridized carbons (Fsp3) is 0.0556. The predicted molar refractivity (Wildman–Crippen MR) is 89.0 cm³/mol. The van der Waals surface area contributed by atoms with Crippen molar-refractivity contribution in [2.24, 2.45) is 0 Å². The Kier molecular flexibility index (Phi) is 3.80. The topological polar surface area (TPSA) is 63.6 Å². The number of aromatic nitrogens is 4. The Morgan fingerprint density at radius 3 is 2.58 bits per heavy atom. The highest BCUT2D eigenvalue weighted by Crippen LogP contribution is 2.23. The molecule has 4 aromatic rings. The largest absolute Gasteiger partial charge is 0.327 e. The number of imidazole rings is 1. The molecule has 130 valence electrons. The summed E-state index contributed by atoms with van der Waals surface area (Å²) in [6.07, 6.45) is 3.99. The number of halogens is 3. The summed E-state index contributed by atoms with van der Waals surface area (Å²) in [5.74, 6) is -2.42. The number of hydrogen-bond donors (Lipinski definition) is 1. The second-order valence-electron chi connectivity index (χ2n) is 5.75. The van der Waals surface area contributed by atoms with E-state index in [2.05, 4.69) is 15.0 Å². The molecule has 0 aliphatic carbocycles. The van der Waals surface area contributed by atoms with Crippen molar-refractivity contribution in [3.63, 3.8) is 0 Å². The second-order valence-corrected chi connectivity index (χ2v) is 5.75. The molecular formula is C18H11F3N4O. The maximum atomic E-state index is 13.5. The van der Waals surface area contributed by atoms with Gasteiger partial charge in [-0.1, -0.05) is 6.07 Å². The Balaban J connectivity index is 1.82. The van der Waals surface area contributed by atoms with Crippen LogP contribution in [0.3, 0.4) is 0 Å². The molecule has 0 amide bonds. The van der Waals surface area contributed by atoms with Crippen molar-refractivity contribution in [3.8, 4) is 11.1 Å². The van der Waals surface area contributed by atoms with Gasteiger partial charge in [0.25, 0.3) is 0 Å². The quantitative estimate of drug-likeness (QED) is 0.613. The molecule has 26 heavy (non-hydrogen) atoms. The number of nitrogens with one attached hydrogen (secondary N) is 1. The van der Waals surface area contributed by atoms with Crippen LogP contribution in [0.2, 0.25) is 0 Å². The monoisotopic (exact) mass is 356 g/mol. The smallest absolute Gasteiger partial charge is 0.290 e. The van der Waals surface area contributed by atoms with Gasteiger partial charge in [-0.15, -0.1) is 0 Å². The lowest BCUT2D eigenvalue weighted by Gasteiger charge is -2.06. The van der Waals surface area contributed by atoms with E-state index in [0.29, 0.717) is 27.9 Å². The van der Waals surface area contributed by atoms with E-state index in [1.165, 1.54) is 29.1 Å². The summed E-state index contributed by atoms with van der Waals surface area (Å²) in [5, 5.41) is 0. The van der Waals surface area contributed by atoms with Crippen LogP contribution in [0.1, 0.15) is 5.56 Å². The first-order valence-corrected chi connectivity index (χ1v) is 7.65. The van der Waals surface area contributed by atoms with Gasteiger partial charge in [-0.25, -0.2) is 22.9 Å². The number of aromatic amines is 1. The molecule has 3 heterocycles. The normalized spacial score (nSPS) is 11.2. The van der Waals surface area contributed by atoms with Crippen molar-refractivity contribution < 1.29 is 13.2 Å². The van der Waals surface area contributed by atoms with E-state index in [1.807, 2.05) is 0 Å². The minimum Gasteiger partial charge on any atom is -0.290 e. The summed E-state index contributed by atoms with van der Waals surface area (Å²) in [4.78, 5) is 22.8. The van der Waals surface area contributed by atoms with Gasteiger partial charge in [0, 0.05) is 18.0 Å². The van der Waals surface area contributed by atoms with Crippen LogP contribution in [0.5, 0.6) is 0 Å². The molecule has 0 radical (unpaired) electrons. The highest BCUT2D eigenvalue weighted by atomic mass is 19.2. The van der Waals surface area contributed by atoms with Crippen LogP contribution in [-0.4, -0.2) is 19.5 Å². The van der Waals surface area contributed by atoms with Crippen LogP contribution in [0.25, 0.3) is 22.3 Å². The highest BCUT2D eigenvalue weighted by Gasteiger charge is 2.12. The summed E-state index contributed by atoms with van der Waals surface area (Å²) in [7, 11) is 0. The van der Waals surface area contributed by atoms with Crippen molar-refractivity contribution in [1.29, 1.82) is 0 Å². The van der Waals surface area contributed by atoms with E-state index in [-0.39, 0.29) is 6.54 Å². The van der Waals surface area contributed by atoms with E-state index in [9.17, 15) is 18.0 Å². The lowest BCUT2D eigenvalue weighted by atomic mass is 10.1. The van der Waals surface area contributed by atoms with Crippen LogP contribution in [0, 0.1) is 17.5 Å². The molecule has 1 aromatic carbocycles. The Labute approximate surface area is 144 Å². The second kappa shape index (κ2) is 6.14. The zero-order valence-corrected chi connectivity index (χ0v) is 13.2. The van der Waals surface area contributed by atoms with Crippen LogP contribution in [0.15, 0.2) is 53.7 Å². The average Bonchev–Trinajstić information content (AvgIpc) is 2.92. The first-order chi connectivity index (χ1) is 12.5. The molecule has 5 nitrogen and oxygen atoms in total. The van der Waals surface area contributed by atoms with Gasteiger partial charge in [-0.3, -0.25) is 14.5 Å². The SMILES string of the molecule is O=c1[nH]c2ncc(-c3ccc(F)c(F)c3)cc2n1Cc1cncc(F)c1. The van der Waals surface area contributed by atoms with Gasteiger partial charge in [-0.05, 0) is 35.4 Å². The fourth-order valence-corrected chi connectivity index (χ4v) is 2.75. The van der Waals surface area contributed by atoms with E-state index in [4.69, 9.17) is 0 Å². The molecule has 0 aliphatic heterocycles. The molecule has 0 unspecified atom stereocenters. The summed E-state index contributed by atoms with van der Waals surface area (Å²) >= 11 is 0. The number of H-pyrrole nitrogens is 1. The minimum atomic E-state index is -0.972. The molecular weight excluding hydrogens is 345 g/mol. The van der Waals surface area contributed by atoms with E-state index >= 15 is 0 Å². The Hall–Kier alpha value is -3.42. The number of benzene rings is 1. The van der Waals surface area contributed by atoms with Gasteiger partial charge in [-0.2, -0.15) is 0 Å². The molecule has 0 saturated carbocycles. The zero-order valence-electron chi connectivity index (χ0n) is 13.2. The van der Waals surface area contributed by atoms with Crippen molar-refractivity contribution in [2.75, 3.05) is 0 Å². The molecule has 4 rings (SSSR count). The Morgan fingerprint density at radius 1 is 0.962 bits per heavy atom. The third-order valence-electron chi connectivity index (χ3n) is 3.98. The lowest BCUT2D eigenvalue weighted by Crippen LogP contribution is -2.17. The number of nitrogens with zero attached hydrogens (tertiary/aromatic N) is 3. The van der Waals surface area contributed by atoms with Crippen LogP contribution in [0.4, 0.5) is 13.2 Å². The summed E-state index contributed by atoms with van der Waals surface area (Å²) in [5.41, 5.74) is 1.82. The van der Waals surface area contributed by atoms with Crippen molar-refractivity contribution in [2.45, 2.75) is 6.54 Å². The van der Waals surface area contributed by atoms with Crippen molar-refractivity contribution >= 4 is 11.2 Å². The number of pyridine rings is 2. The zero-order chi connectivity index (χ0) is 18.3. The van der Waals surface area contributed by atoms with Gasteiger partial charge in [0.1, 0.15) is 5.82 Å². The Bertz CT molecular complexity index is 1180. The number of fused-ring (bicyclic) bond motifs is 1. The average molecular weight is 356 g/mol. The van der Waals surface area contributed by atoms with Gasteiger partial charge in [0.05, 0.1) is 18.3 Å². The maximum absolute atomic E-state index is 13.5. The summed E-state index contributed by atoms with van der Waals surface area (Å²) < 4.78 is 41.3. The van der Waals surface area contributed by atoms with Crippen LogP contribution >= 0.6 is 0 Å². The standard InChI is InChI=1S/C18H11F3N4O/c19-13-3-10(6-22-8-13)9-25-16-5-12(7-23-17(16)24-18(25)26)11-1-2-14(20)15(21)4-11/h1-8H,9H2,(H,23,24,26).